The molecule has 0 saturated heterocycles. The van der Waals surface area contributed by atoms with Crippen LogP contribution in [0, 0.1) is 5.82 Å². The van der Waals surface area contributed by atoms with Crippen molar-refractivity contribution >= 4 is 11.6 Å². The molecule has 0 radical (unpaired) electrons. The Morgan fingerprint density at radius 1 is 0.829 bits per heavy atom. The van der Waals surface area contributed by atoms with E-state index in [9.17, 15) is 22.7 Å². The standard InChI is InChI=1S/C27H21ClF4N2O/c28-22-8-11-25(33-17-22)26(15-18-4-2-1-3-5-18,34-16-19-6-9-24(35)10-7-19)20-12-21(27(30,31)32)14-23(29)13-20/h1-14,17,34-35H,15-16H2. The van der Waals surface area contributed by atoms with E-state index in [4.69, 9.17) is 11.6 Å². The van der Waals surface area contributed by atoms with Crippen LogP contribution >= 0.6 is 11.6 Å². The SMILES string of the molecule is Oc1ccc(CNC(Cc2ccccc2)(c2cc(F)cc(C(F)(F)F)c2)c2ccc(Cl)cn2)cc1. The van der Waals surface area contributed by atoms with Crippen molar-refractivity contribution in [3.05, 3.63) is 130 Å². The molecular formula is C27H21ClF4N2O. The smallest absolute Gasteiger partial charge is 0.416 e. The molecule has 1 aromatic heterocycles. The second kappa shape index (κ2) is 10.1. The molecule has 1 unspecified atom stereocenters. The first kappa shape index (κ1) is 24.7. The van der Waals surface area contributed by atoms with E-state index in [1.54, 1.807) is 24.3 Å². The summed E-state index contributed by atoms with van der Waals surface area (Å²) in [4.78, 5) is 4.43. The zero-order chi connectivity index (χ0) is 25.1. The Hall–Kier alpha value is -3.42. The number of nitrogens with zero attached hydrogens (tertiary/aromatic N) is 1. The molecule has 0 saturated carbocycles. The highest BCUT2D eigenvalue weighted by Crippen LogP contribution is 2.38. The fraction of sp³-hybridized carbons (Fsp3) is 0.148. The maximum Gasteiger partial charge on any atom is 0.416 e. The van der Waals surface area contributed by atoms with Crippen molar-refractivity contribution in [2.45, 2.75) is 24.7 Å². The van der Waals surface area contributed by atoms with E-state index in [0.717, 1.165) is 23.3 Å². The zero-order valence-electron chi connectivity index (χ0n) is 18.4. The molecule has 8 heteroatoms. The van der Waals surface area contributed by atoms with Gasteiger partial charge in [-0.3, -0.25) is 10.3 Å². The van der Waals surface area contributed by atoms with E-state index < -0.39 is 23.1 Å². The maximum atomic E-state index is 14.6. The first-order valence-corrected chi connectivity index (χ1v) is 11.1. The van der Waals surface area contributed by atoms with Crippen LogP contribution in [0.15, 0.2) is 91.1 Å². The quantitative estimate of drug-likeness (QED) is 0.272. The largest absolute Gasteiger partial charge is 0.508 e. The second-order valence-electron chi connectivity index (χ2n) is 8.18. The predicted octanol–water partition coefficient (Wildman–Crippen LogP) is 6.87. The number of rotatable bonds is 7. The molecule has 1 atom stereocenters. The first-order valence-electron chi connectivity index (χ1n) is 10.7. The van der Waals surface area contributed by atoms with Crippen LogP contribution in [0.4, 0.5) is 17.6 Å². The number of halogens is 5. The van der Waals surface area contributed by atoms with Gasteiger partial charge in [-0.1, -0.05) is 54.1 Å². The lowest BCUT2D eigenvalue weighted by Crippen LogP contribution is -2.46. The van der Waals surface area contributed by atoms with Gasteiger partial charge in [-0.25, -0.2) is 4.39 Å². The topological polar surface area (TPSA) is 45.1 Å². The molecule has 0 amide bonds. The minimum absolute atomic E-state index is 0.0716. The van der Waals surface area contributed by atoms with Crippen molar-refractivity contribution < 1.29 is 22.7 Å². The lowest BCUT2D eigenvalue weighted by Gasteiger charge is -2.36. The average Bonchev–Trinajstić information content (AvgIpc) is 2.83. The van der Waals surface area contributed by atoms with Gasteiger partial charge >= 0.3 is 6.18 Å². The van der Waals surface area contributed by atoms with Crippen molar-refractivity contribution in [2.24, 2.45) is 0 Å². The summed E-state index contributed by atoms with van der Waals surface area (Å²) < 4.78 is 55.6. The Morgan fingerprint density at radius 3 is 2.14 bits per heavy atom. The molecule has 3 nitrogen and oxygen atoms in total. The van der Waals surface area contributed by atoms with Gasteiger partial charge in [-0.2, -0.15) is 13.2 Å². The van der Waals surface area contributed by atoms with Crippen molar-refractivity contribution in [1.29, 1.82) is 0 Å². The Bertz CT molecular complexity index is 1280. The van der Waals surface area contributed by atoms with E-state index in [0.29, 0.717) is 16.8 Å². The van der Waals surface area contributed by atoms with E-state index in [-0.39, 0.29) is 24.3 Å². The fourth-order valence-electron chi connectivity index (χ4n) is 3.99. The highest BCUT2D eigenvalue weighted by atomic mass is 35.5. The van der Waals surface area contributed by atoms with E-state index in [1.807, 2.05) is 30.3 Å². The number of hydrogen-bond acceptors (Lipinski definition) is 3. The number of hydrogen-bond donors (Lipinski definition) is 2. The highest BCUT2D eigenvalue weighted by Gasteiger charge is 2.39. The van der Waals surface area contributed by atoms with Crippen LogP contribution < -0.4 is 5.32 Å². The van der Waals surface area contributed by atoms with E-state index in [1.165, 1.54) is 18.3 Å². The Kier molecular flexibility index (Phi) is 7.10. The Morgan fingerprint density at radius 2 is 1.51 bits per heavy atom. The molecule has 0 aliphatic carbocycles. The molecule has 0 aliphatic rings. The van der Waals surface area contributed by atoms with Gasteiger partial charge in [0.15, 0.2) is 0 Å². The lowest BCUT2D eigenvalue weighted by atomic mass is 9.79. The van der Waals surface area contributed by atoms with Crippen molar-refractivity contribution in [3.63, 3.8) is 0 Å². The highest BCUT2D eigenvalue weighted by molar-refractivity contribution is 6.30. The van der Waals surface area contributed by atoms with Crippen LogP contribution in [0.1, 0.15) is 27.9 Å². The summed E-state index contributed by atoms with van der Waals surface area (Å²) in [5, 5.41) is 13.3. The molecule has 180 valence electrons. The molecule has 0 aliphatic heterocycles. The number of alkyl halides is 3. The molecule has 4 rings (SSSR count). The van der Waals surface area contributed by atoms with Crippen LogP contribution in [0.5, 0.6) is 5.75 Å². The van der Waals surface area contributed by atoms with Crippen LogP contribution in [0.2, 0.25) is 5.02 Å². The van der Waals surface area contributed by atoms with Crippen LogP contribution in [-0.4, -0.2) is 10.1 Å². The third-order valence-corrected chi connectivity index (χ3v) is 5.95. The van der Waals surface area contributed by atoms with Gasteiger partial charge in [0.05, 0.1) is 21.8 Å². The molecular weight excluding hydrogens is 480 g/mol. The third-order valence-electron chi connectivity index (χ3n) is 5.73. The van der Waals surface area contributed by atoms with Gasteiger partial charge in [-0.15, -0.1) is 0 Å². The summed E-state index contributed by atoms with van der Waals surface area (Å²) in [6.07, 6.45) is -3.15. The summed E-state index contributed by atoms with van der Waals surface area (Å²) in [5.74, 6) is -0.920. The molecule has 0 bridgehead atoms. The molecule has 3 aromatic carbocycles. The summed E-state index contributed by atoms with van der Waals surface area (Å²) in [7, 11) is 0. The fourth-order valence-corrected chi connectivity index (χ4v) is 4.10. The zero-order valence-corrected chi connectivity index (χ0v) is 19.1. The number of pyridine rings is 1. The summed E-state index contributed by atoms with van der Waals surface area (Å²) in [6.45, 7) is 0.204. The normalized spacial score (nSPS) is 13.4. The number of phenolic OH excluding ortho intramolecular Hbond substituents is 1. The minimum atomic E-state index is -4.74. The van der Waals surface area contributed by atoms with Crippen molar-refractivity contribution in [2.75, 3.05) is 0 Å². The van der Waals surface area contributed by atoms with E-state index in [2.05, 4.69) is 10.3 Å². The second-order valence-corrected chi connectivity index (χ2v) is 8.61. The summed E-state index contributed by atoms with van der Waals surface area (Å²) >= 11 is 6.05. The summed E-state index contributed by atoms with van der Waals surface area (Å²) in [6, 6.07) is 21.3. The van der Waals surface area contributed by atoms with Crippen molar-refractivity contribution in [3.8, 4) is 5.75 Å². The molecule has 1 heterocycles. The van der Waals surface area contributed by atoms with Gasteiger partial charge in [0.1, 0.15) is 11.6 Å². The number of nitrogens with one attached hydrogen (secondary N) is 1. The van der Waals surface area contributed by atoms with Gasteiger partial charge in [0.25, 0.3) is 0 Å². The van der Waals surface area contributed by atoms with Crippen LogP contribution in [0.25, 0.3) is 0 Å². The molecule has 4 aromatic rings. The van der Waals surface area contributed by atoms with Crippen molar-refractivity contribution in [1.82, 2.24) is 10.3 Å². The molecule has 35 heavy (non-hydrogen) atoms. The minimum Gasteiger partial charge on any atom is -0.508 e. The van der Waals surface area contributed by atoms with Gasteiger partial charge in [0, 0.05) is 19.2 Å². The number of phenols is 1. The first-order chi connectivity index (χ1) is 16.7. The Balaban J connectivity index is 1.92. The summed E-state index contributed by atoms with van der Waals surface area (Å²) in [5.41, 5.74) is -0.413. The van der Waals surface area contributed by atoms with E-state index >= 15 is 0 Å². The number of aromatic nitrogens is 1. The monoisotopic (exact) mass is 500 g/mol. The Labute approximate surface area is 205 Å². The van der Waals surface area contributed by atoms with Gasteiger partial charge in [0.2, 0.25) is 0 Å². The average molecular weight is 501 g/mol. The third kappa shape index (κ3) is 5.81. The predicted molar refractivity (Wildman–Crippen MR) is 127 cm³/mol. The van der Waals surface area contributed by atoms with Gasteiger partial charge < -0.3 is 5.11 Å². The molecule has 2 N–H and O–H groups in total. The lowest BCUT2D eigenvalue weighted by molar-refractivity contribution is -0.137. The number of aromatic hydroxyl groups is 1. The maximum absolute atomic E-state index is 14.6. The molecule has 0 spiro atoms. The van der Waals surface area contributed by atoms with Crippen LogP contribution in [0.3, 0.4) is 0 Å². The number of benzene rings is 3. The molecule has 0 fully saturated rings. The van der Waals surface area contributed by atoms with Gasteiger partial charge in [-0.05, 0) is 59.2 Å². The van der Waals surface area contributed by atoms with Crippen LogP contribution in [-0.2, 0) is 24.7 Å².